The van der Waals surface area contributed by atoms with E-state index in [1.807, 2.05) is 13.0 Å². The molecule has 15 heavy (non-hydrogen) atoms. The number of rotatable bonds is 1. The van der Waals surface area contributed by atoms with E-state index in [0.717, 1.165) is 11.1 Å². The second-order valence-electron chi connectivity index (χ2n) is 3.24. The molecule has 1 aromatic carbocycles. The van der Waals surface area contributed by atoms with Crippen molar-refractivity contribution < 1.29 is 4.92 Å². The first-order valence-electron chi connectivity index (χ1n) is 4.51. The fraction of sp³-hybridized carbons (Fsp3) is 0.273. The Morgan fingerprint density at radius 3 is 2.67 bits per heavy atom. The van der Waals surface area contributed by atoms with Gasteiger partial charge in [0, 0.05) is 6.07 Å². The van der Waals surface area contributed by atoms with E-state index in [1.54, 1.807) is 6.92 Å². The van der Waals surface area contributed by atoms with E-state index in [2.05, 4.69) is 11.8 Å². The molecule has 0 saturated carbocycles. The smallest absolute Gasteiger partial charge is 0.285 e. The first-order chi connectivity index (χ1) is 7.06. The van der Waals surface area contributed by atoms with Crippen molar-refractivity contribution in [3.8, 4) is 11.8 Å². The Kier molecular flexibility index (Phi) is 3.42. The van der Waals surface area contributed by atoms with Crippen LogP contribution >= 0.6 is 0 Å². The molecule has 4 heteroatoms. The number of benzene rings is 1. The van der Waals surface area contributed by atoms with Crippen LogP contribution < -0.4 is 5.73 Å². The molecule has 0 aliphatic carbocycles. The molecule has 78 valence electrons. The molecular weight excluding hydrogens is 192 g/mol. The van der Waals surface area contributed by atoms with Crippen LogP contribution in [0.15, 0.2) is 12.1 Å². The van der Waals surface area contributed by atoms with E-state index in [4.69, 9.17) is 5.73 Å². The Morgan fingerprint density at radius 2 is 2.13 bits per heavy atom. The molecule has 0 aromatic heterocycles. The Labute approximate surface area is 88.2 Å². The van der Waals surface area contributed by atoms with Crippen LogP contribution in [-0.2, 0) is 0 Å². The normalized spacial score (nSPS) is 9.27. The van der Waals surface area contributed by atoms with Crippen LogP contribution in [0.25, 0.3) is 0 Å². The number of nitrogens with two attached hydrogens (primary N) is 1. The lowest BCUT2D eigenvalue weighted by Crippen LogP contribution is -1.98. The van der Waals surface area contributed by atoms with E-state index in [1.165, 1.54) is 6.07 Å². The summed E-state index contributed by atoms with van der Waals surface area (Å²) in [5.74, 6) is 5.37. The van der Waals surface area contributed by atoms with Crippen molar-refractivity contribution >= 4 is 5.69 Å². The lowest BCUT2D eigenvalue weighted by molar-refractivity contribution is -0.385. The highest BCUT2D eigenvalue weighted by Gasteiger charge is 2.14. The summed E-state index contributed by atoms with van der Waals surface area (Å²) >= 11 is 0. The van der Waals surface area contributed by atoms with Crippen LogP contribution in [-0.4, -0.2) is 11.5 Å². The number of hydrogen-bond donors (Lipinski definition) is 1. The number of nitrogens with zero attached hydrogens (tertiary/aromatic N) is 1. The first kappa shape index (κ1) is 11.2. The minimum atomic E-state index is -0.416. The van der Waals surface area contributed by atoms with Crippen molar-refractivity contribution in [2.24, 2.45) is 5.73 Å². The summed E-state index contributed by atoms with van der Waals surface area (Å²) in [6.45, 7) is 3.82. The lowest BCUT2D eigenvalue weighted by atomic mass is 10.0. The van der Waals surface area contributed by atoms with E-state index < -0.39 is 4.92 Å². The molecule has 0 radical (unpaired) electrons. The summed E-state index contributed by atoms with van der Waals surface area (Å²) in [5, 5.41) is 10.8. The second-order valence-corrected chi connectivity index (χ2v) is 3.24. The van der Waals surface area contributed by atoms with Crippen LogP contribution in [0.2, 0.25) is 0 Å². The molecule has 2 N–H and O–H groups in total. The quantitative estimate of drug-likeness (QED) is 0.428. The van der Waals surface area contributed by atoms with Crippen LogP contribution in [0.4, 0.5) is 5.69 Å². The number of hydrogen-bond acceptors (Lipinski definition) is 3. The predicted octanol–water partition coefficient (Wildman–Crippen LogP) is 1.52. The molecule has 0 bridgehead atoms. The van der Waals surface area contributed by atoms with Gasteiger partial charge in [-0.3, -0.25) is 10.1 Å². The maximum Gasteiger partial charge on any atom is 0.285 e. The Bertz CT molecular complexity index is 456. The van der Waals surface area contributed by atoms with Crippen molar-refractivity contribution in [3.05, 3.63) is 38.9 Å². The second kappa shape index (κ2) is 4.58. The van der Waals surface area contributed by atoms with Crippen molar-refractivity contribution in [1.82, 2.24) is 0 Å². The topological polar surface area (TPSA) is 69.2 Å². The highest BCUT2D eigenvalue weighted by Crippen LogP contribution is 2.22. The van der Waals surface area contributed by atoms with E-state index in [9.17, 15) is 10.1 Å². The van der Waals surface area contributed by atoms with Gasteiger partial charge >= 0.3 is 0 Å². The minimum Gasteiger partial charge on any atom is -0.320 e. The summed E-state index contributed by atoms with van der Waals surface area (Å²) in [7, 11) is 0. The van der Waals surface area contributed by atoms with E-state index in [-0.39, 0.29) is 12.2 Å². The number of aryl methyl sites for hydroxylation is 2. The molecule has 1 aromatic rings. The van der Waals surface area contributed by atoms with Crippen LogP contribution in [0.5, 0.6) is 0 Å². The standard InChI is InChI=1S/C11H12N2O2/c1-8-6-9(2)10(4-3-5-12)11(7-8)13(14)15/h6-7H,5,12H2,1-2H3. The molecule has 0 aliphatic heterocycles. The molecule has 0 spiro atoms. The van der Waals surface area contributed by atoms with Gasteiger partial charge in [0.2, 0.25) is 0 Å². The summed E-state index contributed by atoms with van der Waals surface area (Å²) in [6, 6.07) is 3.39. The molecule has 0 saturated heterocycles. The van der Waals surface area contributed by atoms with Crippen molar-refractivity contribution in [3.63, 3.8) is 0 Å². The van der Waals surface area contributed by atoms with Gasteiger partial charge in [0.1, 0.15) is 5.56 Å². The predicted molar refractivity (Wildman–Crippen MR) is 58.5 cm³/mol. The van der Waals surface area contributed by atoms with Gasteiger partial charge in [-0.2, -0.15) is 0 Å². The SMILES string of the molecule is Cc1cc(C)c(C#CCN)c([N+](=O)[O-])c1. The fourth-order valence-electron chi connectivity index (χ4n) is 1.39. The summed E-state index contributed by atoms with van der Waals surface area (Å²) in [6.07, 6.45) is 0. The number of nitro groups is 1. The molecule has 1 rings (SSSR count). The van der Waals surface area contributed by atoms with Crippen molar-refractivity contribution in [2.45, 2.75) is 13.8 Å². The Morgan fingerprint density at radius 1 is 1.47 bits per heavy atom. The number of nitro benzene ring substituents is 1. The summed E-state index contributed by atoms with van der Waals surface area (Å²) in [4.78, 5) is 10.4. The maximum absolute atomic E-state index is 10.8. The van der Waals surface area contributed by atoms with Gasteiger partial charge in [0.15, 0.2) is 0 Å². The van der Waals surface area contributed by atoms with Crippen molar-refractivity contribution in [2.75, 3.05) is 6.54 Å². The molecule has 0 aliphatic rings. The van der Waals surface area contributed by atoms with Crippen LogP contribution in [0.1, 0.15) is 16.7 Å². The lowest BCUT2D eigenvalue weighted by Gasteiger charge is -2.01. The Hall–Kier alpha value is -1.86. The molecule has 4 nitrogen and oxygen atoms in total. The van der Waals surface area contributed by atoms with Crippen LogP contribution in [0, 0.1) is 35.8 Å². The summed E-state index contributed by atoms with van der Waals surface area (Å²) < 4.78 is 0. The molecular formula is C11H12N2O2. The largest absolute Gasteiger partial charge is 0.320 e. The van der Waals surface area contributed by atoms with Gasteiger partial charge in [0.05, 0.1) is 11.5 Å². The third-order valence-electron chi connectivity index (χ3n) is 1.97. The zero-order valence-corrected chi connectivity index (χ0v) is 8.70. The molecule has 0 unspecified atom stereocenters. The first-order valence-corrected chi connectivity index (χ1v) is 4.51. The fourth-order valence-corrected chi connectivity index (χ4v) is 1.39. The van der Waals surface area contributed by atoms with Crippen molar-refractivity contribution in [1.29, 1.82) is 0 Å². The van der Waals surface area contributed by atoms with E-state index in [0.29, 0.717) is 5.56 Å². The summed E-state index contributed by atoms with van der Waals surface area (Å²) in [5.41, 5.74) is 7.41. The Balaban J connectivity index is 3.40. The molecule has 0 amide bonds. The molecule has 0 atom stereocenters. The van der Waals surface area contributed by atoms with Gasteiger partial charge in [-0.15, -0.1) is 0 Å². The third-order valence-corrected chi connectivity index (χ3v) is 1.97. The van der Waals surface area contributed by atoms with Gasteiger partial charge in [-0.25, -0.2) is 0 Å². The average Bonchev–Trinajstić information content (AvgIpc) is 2.15. The van der Waals surface area contributed by atoms with Crippen LogP contribution in [0.3, 0.4) is 0 Å². The maximum atomic E-state index is 10.8. The van der Waals surface area contributed by atoms with Gasteiger partial charge in [-0.05, 0) is 25.0 Å². The zero-order valence-electron chi connectivity index (χ0n) is 8.70. The minimum absolute atomic E-state index is 0.0495. The highest BCUT2D eigenvalue weighted by molar-refractivity contribution is 5.57. The van der Waals surface area contributed by atoms with Gasteiger partial charge in [0.25, 0.3) is 5.69 Å². The molecule has 0 fully saturated rings. The monoisotopic (exact) mass is 204 g/mol. The molecule has 0 heterocycles. The third kappa shape index (κ3) is 2.55. The zero-order chi connectivity index (χ0) is 11.4. The highest BCUT2D eigenvalue weighted by atomic mass is 16.6. The van der Waals surface area contributed by atoms with Gasteiger partial charge < -0.3 is 5.73 Å². The average molecular weight is 204 g/mol. The van der Waals surface area contributed by atoms with E-state index >= 15 is 0 Å². The van der Waals surface area contributed by atoms with Gasteiger partial charge in [-0.1, -0.05) is 17.9 Å².